The molecule has 2 rings (SSSR count). The van der Waals surface area contributed by atoms with Crippen LogP contribution in [0.5, 0.6) is 0 Å². The second kappa shape index (κ2) is 5.51. The smallest absolute Gasteiger partial charge is 0.228 e. The van der Waals surface area contributed by atoms with Crippen LogP contribution in [-0.4, -0.2) is 23.6 Å². The van der Waals surface area contributed by atoms with Crippen LogP contribution in [0, 0.1) is 17.2 Å². The minimum Gasteiger partial charge on any atom is -0.328 e. The average Bonchev–Trinajstić information content (AvgIpc) is 2.99. The van der Waals surface area contributed by atoms with Crippen molar-refractivity contribution in [2.45, 2.75) is 32.7 Å². The highest BCUT2D eigenvalue weighted by Crippen LogP contribution is 2.31. The van der Waals surface area contributed by atoms with Crippen molar-refractivity contribution >= 4 is 11.7 Å². The SMILES string of the molecule is CC(C)(C)n1cc(C#N)cc1N1CC(CN=[N+]=[N-])CC1=O. The van der Waals surface area contributed by atoms with Crippen molar-refractivity contribution in [3.63, 3.8) is 0 Å². The summed E-state index contributed by atoms with van der Waals surface area (Å²) in [6.07, 6.45) is 2.14. The summed E-state index contributed by atoms with van der Waals surface area (Å²) in [4.78, 5) is 16.6. The van der Waals surface area contributed by atoms with E-state index in [1.54, 1.807) is 17.2 Å². The number of azide groups is 1. The Kier molecular flexibility index (Phi) is 3.92. The molecule has 1 aromatic heterocycles. The summed E-state index contributed by atoms with van der Waals surface area (Å²) in [5.41, 5.74) is 8.69. The zero-order valence-electron chi connectivity index (χ0n) is 12.4. The monoisotopic (exact) mass is 286 g/mol. The van der Waals surface area contributed by atoms with E-state index in [2.05, 4.69) is 16.1 Å². The lowest BCUT2D eigenvalue weighted by molar-refractivity contribution is -0.117. The van der Waals surface area contributed by atoms with Crippen LogP contribution in [0.1, 0.15) is 32.8 Å². The van der Waals surface area contributed by atoms with E-state index in [0.717, 1.165) is 5.82 Å². The zero-order valence-corrected chi connectivity index (χ0v) is 12.4. The van der Waals surface area contributed by atoms with E-state index in [9.17, 15) is 4.79 Å². The first-order valence-corrected chi connectivity index (χ1v) is 6.81. The van der Waals surface area contributed by atoms with Crippen LogP contribution in [0.3, 0.4) is 0 Å². The Morgan fingerprint density at radius 3 is 2.86 bits per heavy atom. The maximum atomic E-state index is 12.2. The Hall–Kier alpha value is -2.45. The van der Waals surface area contributed by atoms with Gasteiger partial charge in [-0.2, -0.15) is 5.26 Å². The van der Waals surface area contributed by atoms with Crippen molar-refractivity contribution in [1.29, 1.82) is 5.26 Å². The lowest BCUT2D eigenvalue weighted by Crippen LogP contribution is -2.31. The minimum atomic E-state index is -0.229. The fourth-order valence-electron chi connectivity index (χ4n) is 2.53. The van der Waals surface area contributed by atoms with Gasteiger partial charge in [-0.25, -0.2) is 0 Å². The molecule has 1 amide bonds. The van der Waals surface area contributed by atoms with E-state index in [1.807, 2.05) is 25.3 Å². The molecule has 1 aliphatic heterocycles. The average molecular weight is 286 g/mol. The minimum absolute atomic E-state index is 0.00114. The van der Waals surface area contributed by atoms with Crippen LogP contribution in [-0.2, 0) is 10.3 Å². The first kappa shape index (κ1) is 14.9. The fourth-order valence-corrected chi connectivity index (χ4v) is 2.53. The van der Waals surface area contributed by atoms with Gasteiger partial charge in [0.05, 0.1) is 5.56 Å². The molecule has 1 atom stereocenters. The van der Waals surface area contributed by atoms with Gasteiger partial charge >= 0.3 is 0 Å². The number of carbonyl (C=O) groups is 1. The van der Waals surface area contributed by atoms with Gasteiger partial charge in [-0.1, -0.05) is 5.11 Å². The fraction of sp³-hybridized carbons (Fsp3) is 0.571. The van der Waals surface area contributed by atoms with Gasteiger partial charge < -0.3 is 4.57 Å². The number of amides is 1. The van der Waals surface area contributed by atoms with Crippen molar-refractivity contribution in [1.82, 2.24) is 4.57 Å². The van der Waals surface area contributed by atoms with E-state index in [0.29, 0.717) is 25.1 Å². The van der Waals surface area contributed by atoms with E-state index >= 15 is 0 Å². The third-order valence-electron chi connectivity index (χ3n) is 3.54. The first-order chi connectivity index (χ1) is 9.86. The molecule has 0 aromatic carbocycles. The molecule has 0 spiro atoms. The molecule has 0 N–H and O–H groups in total. The van der Waals surface area contributed by atoms with E-state index in [-0.39, 0.29) is 17.4 Å². The number of anilines is 1. The van der Waals surface area contributed by atoms with Gasteiger partial charge in [-0.15, -0.1) is 0 Å². The Balaban J connectivity index is 2.34. The maximum absolute atomic E-state index is 12.2. The maximum Gasteiger partial charge on any atom is 0.228 e. The molecule has 0 radical (unpaired) electrons. The molecule has 0 saturated carbocycles. The van der Waals surface area contributed by atoms with Gasteiger partial charge in [-0.3, -0.25) is 9.69 Å². The predicted octanol–water partition coefficient (Wildman–Crippen LogP) is 2.78. The van der Waals surface area contributed by atoms with Crippen LogP contribution in [0.4, 0.5) is 5.82 Å². The molecular formula is C14H18N6O. The largest absolute Gasteiger partial charge is 0.328 e. The van der Waals surface area contributed by atoms with Crippen molar-refractivity contribution in [3.8, 4) is 6.07 Å². The van der Waals surface area contributed by atoms with Gasteiger partial charge in [0.2, 0.25) is 5.91 Å². The summed E-state index contributed by atoms with van der Waals surface area (Å²) >= 11 is 0. The van der Waals surface area contributed by atoms with Crippen LogP contribution in [0.15, 0.2) is 17.4 Å². The van der Waals surface area contributed by atoms with E-state index in [1.165, 1.54) is 0 Å². The molecule has 0 bridgehead atoms. The Morgan fingerprint density at radius 2 is 2.29 bits per heavy atom. The highest BCUT2D eigenvalue weighted by atomic mass is 16.2. The van der Waals surface area contributed by atoms with Crippen LogP contribution in [0.25, 0.3) is 10.4 Å². The molecule has 0 aliphatic carbocycles. The van der Waals surface area contributed by atoms with Crippen molar-refractivity contribution in [3.05, 3.63) is 28.3 Å². The summed E-state index contributed by atoms with van der Waals surface area (Å²) in [6.45, 7) is 6.91. The number of hydrogen-bond acceptors (Lipinski definition) is 3. The molecular weight excluding hydrogens is 268 g/mol. The summed E-state index contributed by atoms with van der Waals surface area (Å²) in [6, 6.07) is 3.85. The summed E-state index contributed by atoms with van der Waals surface area (Å²) < 4.78 is 1.94. The molecule has 1 saturated heterocycles. The van der Waals surface area contributed by atoms with Crippen molar-refractivity contribution in [2.24, 2.45) is 11.0 Å². The predicted molar refractivity (Wildman–Crippen MR) is 78.6 cm³/mol. The molecule has 2 heterocycles. The number of aromatic nitrogens is 1. The highest BCUT2D eigenvalue weighted by Gasteiger charge is 2.33. The van der Waals surface area contributed by atoms with Crippen LogP contribution in [0.2, 0.25) is 0 Å². The van der Waals surface area contributed by atoms with Gasteiger partial charge in [0.25, 0.3) is 0 Å². The molecule has 21 heavy (non-hydrogen) atoms. The van der Waals surface area contributed by atoms with Crippen molar-refractivity contribution in [2.75, 3.05) is 18.0 Å². The van der Waals surface area contributed by atoms with E-state index < -0.39 is 0 Å². The quantitative estimate of drug-likeness (QED) is 0.485. The lowest BCUT2D eigenvalue weighted by Gasteiger charge is -2.28. The van der Waals surface area contributed by atoms with Crippen molar-refractivity contribution < 1.29 is 4.79 Å². The Morgan fingerprint density at radius 1 is 1.57 bits per heavy atom. The summed E-state index contributed by atoms with van der Waals surface area (Å²) in [5.74, 6) is 0.760. The Bertz CT molecular complexity index is 641. The molecule has 1 aromatic rings. The standard InChI is InChI=1S/C14H18N6O/c1-14(2,3)20-9-10(6-15)4-12(20)19-8-11(5-13(19)21)7-17-18-16/h4,9,11H,5,7-8H2,1-3H3. The van der Waals surface area contributed by atoms with E-state index in [4.69, 9.17) is 10.8 Å². The number of rotatable bonds is 3. The number of carbonyl (C=O) groups excluding carboxylic acids is 1. The molecule has 7 heteroatoms. The van der Waals surface area contributed by atoms with Gasteiger partial charge in [-0.05, 0) is 38.3 Å². The summed E-state index contributed by atoms with van der Waals surface area (Å²) in [5, 5.41) is 12.6. The number of hydrogen-bond donors (Lipinski definition) is 0. The lowest BCUT2D eigenvalue weighted by atomic mass is 10.1. The molecule has 7 nitrogen and oxygen atoms in total. The first-order valence-electron chi connectivity index (χ1n) is 6.81. The Labute approximate surface area is 123 Å². The second-order valence-electron chi connectivity index (χ2n) is 6.23. The molecule has 1 unspecified atom stereocenters. The molecule has 1 aliphatic rings. The van der Waals surface area contributed by atoms with Gasteiger partial charge in [0.1, 0.15) is 11.9 Å². The molecule has 110 valence electrons. The third-order valence-corrected chi connectivity index (χ3v) is 3.54. The second-order valence-corrected chi connectivity index (χ2v) is 6.23. The highest BCUT2D eigenvalue weighted by molar-refractivity contribution is 5.95. The van der Waals surface area contributed by atoms with Crippen LogP contribution < -0.4 is 4.90 Å². The van der Waals surface area contributed by atoms with Gasteiger partial charge in [0, 0.05) is 36.2 Å². The normalized spacial score (nSPS) is 18.5. The van der Waals surface area contributed by atoms with Gasteiger partial charge in [0.15, 0.2) is 0 Å². The topological polar surface area (TPSA) is 97.8 Å². The number of nitrogens with zero attached hydrogens (tertiary/aromatic N) is 6. The number of nitriles is 1. The van der Waals surface area contributed by atoms with Crippen LogP contribution >= 0.6 is 0 Å². The summed E-state index contributed by atoms with van der Waals surface area (Å²) in [7, 11) is 0. The zero-order chi connectivity index (χ0) is 15.6. The molecule has 1 fully saturated rings. The third kappa shape index (κ3) is 3.01.